The van der Waals surface area contributed by atoms with Crippen molar-refractivity contribution in [3.05, 3.63) is 27.7 Å². The van der Waals surface area contributed by atoms with Crippen molar-refractivity contribution in [2.75, 3.05) is 6.61 Å². The summed E-state index contributed by atoms with van der Waals surface area (Å²) >= 11 is 3.49. The first-order valence-corrected chi connectivity index (χ1v) is 7.43. The topological polar surface area (TPSA) is 46.5 Å². The van der Waals surface area contributed by atoms with Crippen LogP contribution in [-0.2, 0) is 17.6 Å². The third-order valence-electron chi connectivity index (χ3n) is 3.40. The number of hydrogen-bond acceptors (Lipinski definition) is 2. The maximum Gasteiger partial charge on any atom is 0.306 e. The molecule has 1 heterocycles. The maximum atomic E-state index is 11.4. The molecule has 0 radical (unpaired) electrons. The van der Waals surface area contributed by atoms with E-state index in [0.717, 1.165) is 22.2 Å². The molecule has 3 nitrogen and oxygen atoms in total. The lowest BCUT2D eigenvalue weighted by molar-refractivity contribution is -0.142. The summed E-state index contributed by atoms with van der Waals surface area (Å²) in [5.41, 5.74) is 2.19. The number of carboxylic acid groups (broad SMARTS) is 1. The molecule has 1 unspecified atom stereocenters. The van der Waals surface area contributed by atoms with Gasteiger partial charge in [-0.15, -0.1) is 0 Å². The summed E-state index contributed by atoms with van der Waals surface area (Å²) in [6, 6.07) is 4.05. The van der Waals surface area contributed by atoms with Crippen molar-refractivity contribution in [3.8, 4) is 5.75 Å². The van der Waals surface area contributed by atoms with Crippen molar-refractivity contribution < 1.29 is 14.6 Å². The van der Waals surface area contributed by atoms with Crippen molar-refractivity contribution in [2.45, 2.75) is 33.1 Å². The van der Waals surface area contributed by atoms with Crippen LogP contribution in [0.15, 0.2) is 16.6 Å². The van der Waals surface area contributed by atoms with E-state index in [0.29, 0.717) is 25.4 Å². The average Bonchev–Trinajstić information content (AvgIpc) is 2.75. The van der Waals surface area contributed by atoms with Gasteiger partial charge in [0.15, 0.2) is 0 Å². The van der Waals surface area contributed by atoms with Gasteiger partial charge in [0.25, 0.3) is 0 Å². The van der Waals surface area contributed by atoms with Crippen LogP contribution < -0.4 is 4.74 Å². The fourth-order valence-electron chi connectivity index (χ4n) is 2.60. The number of hydrogen-bond donors (Lipinski definition) is 1. The second-order valence-electron chi connectivity index (χ2n) is 5.52. The lowest BCUT2D eigenvalue weighted by Gasteiger charge is -2.16. The van der Waals surface area contributed by atoms with Crippen LogP contribution in [-0.4, -0.2) is 17.7 Å². The van der Waals surface area contributed by atoms with E-state index in [1.54, 1.807) is 0 Å². The fourth-order valence-corrected chi connectivity index (χ4v) is 3.16. The second kappa shape index (κ2) is 5.95. The molecule has 2 rings (SSSR count). The van der Waals surface area contributed by atoms with E-state index in [9.17, 15) is 9.90 Å². The Hall–Kier alpha value is -1.03. The van der Waals surface area contributed by atoms with Crippen LogP contribution in [0.3, 0.4) is 0 Å². The zero-order valence-corrected chi connectivity index (χ0v) is 12.9. The van der Waals surface area contributed by atoms with Crippen LogP contribution in [0.5, 0.6) is 5.75 Å². The minimum atomic E-state index is -0.722. The Morgan fingerprint density at radius 1 is 1.47 bits per heavy atom. The Labute approximate surface area is 122 Å². The van der Waals surface area contributed by atoms with Crippen molar-refractivity contribution >= 4 is 21.9 Å². The molecule has 19 heavy (non-hydrogen) atoms. The van der Waals surface area contributed by atoms with Gasteiger partial charge in [0.05, 0.1) is 12.5 Å². The highest BCUT2D eigenvalue weighted by atomic mass is 79.9. The Morgan fingerprint density at radius 2 is 2.21 bits per heavy atom. The number of ether oxygens (including phenoxy) is 1. The van der Waals surface area contributed by atoms with Gasteiger partial charge < -0.3 is 9.84 Å². The zero-order valence-electron chi connectivity index (χ0n) is 11.3. The fraction of sp³-hybridized carbons (Fsp3) is 0.533. The highest BCUT2D eigenvalue weighted by Crippen LogP contribution is 2.35. The first-order valence-electron chi connectivity index (χ1n) is 6.64. The van der Waals surface area contributed by atoms with Gasteiger partial charge in [-0.25, -0.2) is 0 Å². The van der Waals surface area contributed by atoms with Crippen LogP contribution in [0.4, 0.5) is 0 Å². The smallest absolute Gasteiger partial charge is 0.306 e. The minimum Gasteiger partial charge on any atom is -0.493 e. The molecule has 104 valence electrons. The zero-order chi connectivity index (χ0) is 14.0. The van der Waals surface area contributed by atoms with E-state index in [1.165, 1.54) is 5.56 Å². The van der Waals surface area contributed by atoms with E-state index in [4.69, 9.17) is 4.74 Å². The molecule has 0 saturated heterocycles. The average molecular weight is 327 g/mol. The van der Waals surface area contributed by atoms with Crippen LogP contribution in [0.25, 0.3) is 0 Å². The van der Waals surface area contributed by atoms with E-state index in [2.05, 4.69) is 35.8 Å². The molecule has 4 heteroatoms. The molecule has 1 aliphatic rings. The SMILES string of the molecule is CC(C)CC(Cc1cc(Br)cc2c1OCC2)C(=O)O. The molecule has 0 aromatic heterocycles. The van der Waals surface area contributed by atoms with E-state index in [1.807, 2.05) is 6.07 Å². The lowest BCUT2D eigenvalue weighted by Crippen LogP contribution is -2.19. The van der Waals surface area contributed by atoms with Gasteiger partial charge in [0.2, 0.25) is 0 Å². The predicted octanol–water partition coefficient (Wildman–Crippen LogP) is 3.67. The number of aliphatic carboxylic acids is 1. The number of benzene rings is 1. The molecule has 0 aliphatic carbocycles. The number of carbonyl (C=O) groups is 1. The number of carboxylic acids is 1. The summed E-state index contributed by atoms with van der Waals surface area (Å²) in [6.07, 6.45) is 2.13. The minimum absolute atomic E-state index is 0.345. The molecule has 0 fully saturated rings. The normalized spacial score (nSPS) is 15.2. The van der Waals surface area contributed by atoms with Gasteiger partial charge in [0, 0.05) is 10.9 Å². The first-order chi connectivity index (χ1) is 8.97. The maximum absolute atomic E-state index is 11.4. The monoisotopic (exact) mass is 326 g/mol. The van der Waals surface area contributed by atoms with Crippen molar-refractivity contribution in [3.63, 3.8) is 0 Å². The number of fused-ring (bicyclic) bond motifs is 1. The molecule has 1 aliphatic heterocycles. The molecule has 0 bridgehead atoms. The molecule has 1 N–H and O–H groups in total. The Morgan fingerprint density at radius 3 is 2.84 bits per heavy atom. The van der Waals surface area contributed by atoms with Crippen LogP contribution >= 0.6 is 15.9 Å². The Kier molecular flexibility index (Phi) is 4.50. The van der Waals surface area contributed by atoms with Crippen molar-refractivity contribution in [1.29, 1.82) is 0 Å². The number of rotatable bonds is 5. The van der Waals surface area contributed by atoms with Crippen LogP contribution in [0.2, 0.25) is 0 Å². The molecular weight excluding hydrogens is 308 g/mol. The molecule has 0 spiro atoms. The predicted molar refractivity (Wildman–Crippen MR) is 77.6 cm³/mol. The summed E-state index contributed by atoms with van der Waals surface area (Å²) in [5.74, 6) is 0.212. The third-order valence-corrected chi connectivity index (χ3v) is 3.85. The second-order valence-corrected chi connectivity index (χ2v) is 6.44. The molecule has 1 aromatic rings. The lowest BCUT2D eigenvalue weighted by atomic mass is 9.90. The van der Waals surface area contributed by atoms with Gasteiger partial charge in [-0.3, -0.25) is 4.79 Å². The van der Waals surface area contributed by atoms with Crippen LogP contribution in [0, 0.1) is 11.8 Å². The quantitative estimate of drug-likeness (QED) is 0.897. The van der Waals surface area contributed by atoms with E-state index >= 15 is 0 Å². The highest BCUT2D eigenvalue weighted by molar-refractivity contribution is 9.10. The van der Waals surface area contributed by atoms with Gasteiger partial charge >= 0.3 is 5.97 Å². The molecular formula is C15H19BrO3. The summed E-state index contributed by atoms with van der Waals surface area (Å²) < 4.78 is 6.66. The highest BCUT2D eigenvalue weighted by Gasteiger charge is 2.24. The molecule has 1 aromatic carbocycles. The summed E-state index contributed by atoms with van der Waals surface area (Å²) in [7, 11) is 0. The third kappa shape index (κ3) is 3.50. The first kappa shape index (κ1) is 14.4. The summed E-state index contributed by atoms with van der Waals surface area (Å²) in [6.45, 7) is 4.80. The number of halogens is 1. The van der Waals surface area contributed by atoms with Crippen molar-refractivity contribution in [1.82, 2.24) is 0 Å². The standard InChI is InChI=1S/C15H19BrO3/c1-9(2)5-12(15(17)18)6-11-8-13(16)7-10-3-4-19-14(10)11/h7-9,12H,3-6H2,1-2H3,(H,17,18). The van der Waals surface area contributed by atoms with E-state index < -0.39 is 5.97 Å². The van der Waals surface area contributed by atoms with Gasteiger partial charge in [-0.1, -0.05) is 29.8 Å². The van der Waals surface area contributed by atoms with E-state index in [-0.39, 0.29) is 5.92 Å². The summed E-state index contributed by atoms with van der Waals surface area (Å²) in [5, 5.41) is 9.35. The van der Waals surface area contributed by atoms with Gasteiger partial charge in [-0.2, -0.15) is 0 Å². The van der Waals surface area contributed by atoms with Crippen molar-refractivity contribution in [2.24, 2.45) is 11.8 Å². The Balaban J connectivity index is 2.24. The van der Waals surface area contributed by atoms with Gasteiger partial charge in [-0.05, 0) is 42.0 Å². The molecule has 0 amide bonds. The summed E-state index contributed by atoms with van der Waals surface area (Å²) in [4.78, 5) is 11.4. The Bertz CT molecular complexity index is 483. The van der Waals surface area contributed by atoms with Crippen LogP contribution in [0.1, 0.15) is 31.4 Å². The molecule has 0 saturated carbocycles. The van der Waals surface area contributed by atoms with Gasteiger partial charge in [0.1, 0.15) is 5.75 Å². The molecule has 1 atom stereocenters. The largest absolute Gasteiger partial charge is 0.493 e.